The molecule has 0 aliphatic heterocycles. The van der Waals surface area contributed by atoms with Crippen LogP contribution in [0.25, 0.3) is 10.2 Å². The molecule has 3 N–H and O–H groups in total. The smallest absolute Gasteiger partial charge is 0.251 e. The summed E-state index contributed by atoms with van der Waals surface area (Å²) in [6, 6.07) is 15.9. The molecule has 1 heterocycles. The molecule has 0 radical (unpaired) electrons. The van der Waals surface area contributed by atoms with E-state index in [0.717, 1.165) is 23.1 Å². The van der Waals surface area contributed by atoms with Crippen LogP contribution in [0.3, 0.4) is 0 Å². The zero-order valence-corrected chi connectivity index (χ0v) is 15.2. The molecule has 0 aliphatic carbocycles. The van der Waals surface area contributed by atoms with Gasteiger partial charge in [-0.2, -0.15) is 0 Å². The second-order valence-electron chi connectivity index (χ2n) is 6.03. The minimum atomic E-state index is -0.602. The number of carbonyl (C=O) groups excluding carboxylic acids is 2. The number of amides is 1. The number of benzene rings is 2. The summed E-state index contributed by atoms with van der Waals surface area (Å²) in [5, 5.41) is 3.30. The molecule has 6 heteroatoms. The van der Waals surface area contributed by atoms with Gasteiger partial charge in [-0.25, -0.2) is 4.98 Å². The first kappa shape index (κ1) is 18.2. The van der Waals surface area contributed by atoms with Gasteiger partial charge in [0.2, 0.25) is 5.78 Å². The van der Waals surface area contributed by atoms with Crippen LogP contribution in [0.4, 0.5) is 0 Å². The first-order chi connectivity index (χ1) is 12.7. The van der Waals surface area contributed by atoms with E-state index in [1.165, 1.54) is 11.3 Å². The van der Waals surface area contributed by atoms with Crippen molar-refractivity contribution in [1.82, 2.24) is 10.3 Å². The molecule has 0 spiro atoms. The number of unbranched alkanes of at least 4 members (excludes halogenated alkanes) is 1. The number of thiazole rings is 1. The van der Waals surface area contributed by atoms with Crippen molar-refractivity contribution in [2.45, 2.75) is 25.3 Å². The van der Waals surface area contributed by atoms with Crippen LogP contribution in [0.1, 0.15) is 39.4 Å². The zero-order valence-electron chi connectivity index (χ0n) is 14.4. The van der Waals surface area contributed by atoms with Crippen molar-refractivity contribution < 1.29 is 9.59 Å². The van der Waals surface area contributed by atoms with Crippen LogP contribution in [0.2, 0.25) is 0 Å². The Morgan fingerprint density at radius 3 is 2.50 bits per heavy atom. The van der Waals surface area contributed by atoms with Crippen molar-refractivity contribution in [3.05, 3.63) is 65.2 Å². The highest BCUT2D eigenvalue weighted by atomic mass is 32.1. The molecule has 0 saturated carbocycles. The number of fused-ring (bicyclic) bond motifs is 1. The summed E-state index contributed by atoms with van der Waals surface area (Å²) in [5.74, 6) is -0.398. The lowest BCUT2D eigenvalue weighted by atomic mass is 10.0. The number of carbonyl (C=O) groups is 2. The van der Waals surface area contributed by atoms with E-state index in [9.17, 15) is 9.59 Å². The molecular formula is C20H21N3O2S. The molecule has 1 amide bonds. The van der Waals surface area contributed by atoms with Gasteiger partial charge in [-0.15, -0.1) is 11.3 Å². The molecule has 0 fully saturated rings. The number of nitrogens with two attached hydrogens (primary N) is 1. The quantitative estimate of drug-likeness (QED) is 0.472. The van der Waals surface area contributed by atoms with Crippen molar-refractivity contribution in [3.63, 3.8) is 0 Å². The van der Waals surface area contributed by atoms with Gasteiger partial charge in [0.25, 0.3) is 5.91 Å². The van der Waals surface area contributed by atoms with Crippen LogP contribution < -0.4 is 11.1 Å². The Morgan fingerprint density at radius 2 is 1.77 bits per heavy atom. The third-order valence-corrected chi connectivity index (χ3v) is 5.16. The standard InChI is InChI=1S/C20H21N3O2S/c21-13-7-6-11-16(22-19(25)14-8-2-1-3-9-14)18(24)20-23-15-10-4-5-12-17(15)26-20/h1-5,8-10,12,16H,6-7,11,13,21H2,(H,22,25). The van der Waals surface area contributed by atoms with Crippen molar-refractivity contribution in [1.29, 1.82) is 0 Å². The molecule has 134 valence electrons. The number of hydrogen-bond donors (Lipinski definition) is 2. The van der Waals surface area contributed by atoms with Gasteiger partial charge in [-0.05, 0) is 50.1 Å². The van der Waals surface area contributed by atoms with Crippen molar-refractivity contribution >= 4 is 33.2 Å². The molecule has 0 saturated heterocycles. The fourth-order valence-electron chi connectivity index (χ4n) is 2.72. The summed E-state index contributed by atoms with van der Waals surface area (Å²) in [4.78, 5) is 29.9. The van der Waals surface area contributed by atoms with Gasteiger partial charge in [0, 0.05) is 5.56 Å². The molecule has 3 aromatic rings. The summed E-state index contributed by atoms with van der Waals surface area (Å²) >= 11 is 1.36. The predicted molar refractivity (Wildman–Crippen MR) is 105 cm³/mol. The molecule has 1 unspecified atom stereocenters. The lowest BCUT2D eigenvalue weighted by molar-refractivity contribution is 0.0851. The molecule has 0 aliphatic rings. The van der Waals surface area contributed by atoms with Gasteiger partial charge in [0.1, 0.15) is 0 Å². The van der Waals surface area contributed by atoms with Gasteiger partial charge >= 0.3 is 0 Å². The summed E-state index contributed by atoms with van der Waals surface area (Å²) in [6.07, 6.45) is 2.13. The van der Waals surface area contributed by atoms with Gasteiger partial charge < -0.3 is 11.1 Å². The van der Waals surface area contributed by atoms with Gasteiger partial charge in [-0.3, -0.25) is 9.59 Å². The third-order valence-electron chi connectivity index (χ3n) is 4.11. The molecule has 26 heavy (non-hydrogen) atoms. The Labute approximate surface area is 156 Å². The Morgan fingerprint density at radius 1 is 1.04 bits per heavy atom. The Hall–Kier alpha value is -2.57. The molecule has 3 rings (SSSR count). The van der Waals surface area contributed by atoms with Crippen LogP contribution in [0, 0.1) is 0 Å². The van der Waals surface area contributed by atoms with Crippen LogP contribution >= 0.6 is 11.3 Å². The van der Waals surface area contributed by atoms with Crippen molar-refractivity contribution in [2.75, 3.05) is 6.54 Å². The minimum absolute atomic E-state index is 0.146. The minimum Gasteiger partial charge on any atom is -0.342 e. The van der Waals surface area contributed by atoms with E-state index in [1.807, 2.05) is 30.3 Å². The largest absolute Gasteiger partial charge is 0.342 e. The maximum absolute atomic E-state index is 13.0. The van der Waals surface area contributed by atoms with E-state index < -0.39 is 6.04 Å². The van der Waals surface area contributed by atoms with E-state index in [2.05, 4.69) is 10.3 Å². The van der Waals surface area contributed by atoms with Crippen molar-refractivity contribution in [2.24, 2.45) is 5.73 Å². The highest BCUT2D eigenvalue weighted by Gasteiger charge is 2.25. The molecule has 2 aromatic carbocycles. The molecule has 1 aromatic heterocycles. The first-order valence-electron chi connectivity index (χ1n) is 8.65. The van der Waals surface area contributed by atoms with E-state index in [4.69, 9.17) is 5.73 Å². The topological polar surface area (TPSA) is 85.1 Å². The Balaban J connectivity index is 1.80. The number of rotatable bonds is 8. The Kier molecular flexibility index (Phi) is 6.09. The van der Waals surface area contributed by atoms with Crippen LogP contribution in [-0.2, 0) is 0 Å². The van der Waals surface area contributed by atoms with Gasteiger partial charge in [0.05, 0.1) is 16.3 Å². The maximum atomic E-state index is 13.0. The van der Waals surface area contributed by atoms with Crippen LogP contribution in [0.5, 0.6) is 0 Å². The number of para-hydroxylation sites is 1. The second-order valence-corrected chi connectivity index (χ2v) is 7.06. The SMILES string of the molecule is NCCCCC(NC(=O)c1ccccc1)C(=O)c1nc2ccccc2s1. The highest BCUT2D eigenvalue weighted by molar-refractivity contribution is 7.20. The highest BCUT2D eigenvalue weighted by Crippen LogP contribution is 2.23. The normalized spacial score (nSPS) is 12.0. The first-order valence-corrected chi connectivity index (χ1v) is 9.46. The maximum Gasteiger partial charge on any atom is 0.251 e. The summed E-state index contributed by atoms with van der Waals surface area (Å²) in [5.41, 5.74) is 6.90. The van der Waals surface area contributed by atoms with Crippen LogP contribution in [0.15, 0.2) is 54.6 Å². The summed E-state index contributed by atoms with van der Waals surface area (Å²) in [6.45, 7) is 0.564. The number of nitrogens with zero attached hydrogens (tertiary/aromatic N) is 1. The van der Waals surface area contributed by atoms with Gasteiger partial charge in [-0.1, -0.05) is 30.3 Å². The van der Waals surface area contributed by atoms with Gasteiger partial charge in [0.15, 0.2) is 5.01 Å². The van der Waals surface area contributed by atoms with Crippen molar-refractivity contribution in [3.8, 4) is 0 Å². The average molecular weight is 367 g/mol. The third kappa shape index (κ3) is 4.33. The molecular weight excluding hydrogens is 346 g/mol. The number of aromatic nitrogens is 1. The van der Waals surface area contributed by atoms with E-state index in [-0.39, 0.29) is 11.7 Å². The van der Waals surface area contributed by atoms with E-state index >= 15 is 0 Å². The number of hydrogen-bond acceptors (Lipinski definition) is 5. The predicted octanol–water partition coefficient (Wildman–Crippen LogP) is 3.41. The number of nitrogens with one attached hydrogen (secondary N) is 1. The monoisotopic (exact) mass is 367 g/mol. The average Bonchev–Trinajstić information content (AvgIpc) is 3.11. The second kappa shape index (κ2) is 8.69. The molecule has 0 bridgehead atoms. The number of ketones is 1. The lowest BCUT2D eigenvalue weighted by Gasteiger charge is -2.16. The summed E-state index contributed by atoms with van der Waals surface area (Å²) in [7, 11) is 0. The fourth-order valence-corrected chi connectivity index (χ4v) is 3.68. The lowest BCUT2D eigenvalue weighted by Crippen LogP contribution is -2.41. The molecule has 1 atom stereocenters. The molecule has 5 nitrogen and oxygen atoms in total. The zero-order chi connectivity index (χ0) is 18.4. The fraction of sp³-hybridized carbons (Fsp3) is 0.250. The van der Waals surface area contributed by atoms with E-state index in [1.54, 1.807) is 24.3 Å². The number of Topliss-reactive ketones (excluding diaryl/α,β-unsaturated/α-hetero) is 1. The van der Waals surface area contributed by atoms with Crippen LogP contribution in [-0.4, -0.2) is 29.3 Å². The Bertz CT molecular complexity index is 859. The summed E-state index contributed by atoms with van der Waals surface area (Å²) < 4.78 is 0.964. The van der Waals surface area contributed by atoms with E-state index in [0.29, 0.717) is 23.5 Å².